The summed E-state index contributed by atoms with van der Waals surface area (Å²) >= 11 is 5.88. The zero-order chi connectivity index (χ0) is 16.3. The molecule has 0 unspecified atom stereocenters. The number of para-hydroxylation sites is 1. The Morgan fingerprint density at radius 3 is 2.59 bits per heavy atom. The van der Waals surface area contributed by atoms with E-state index < -0.39 is 5.91 Å². The molecule has 114 valence electrons. The van der Waals surface area contributed by atoms with Crippen LogP contribution in [-0.2, 0) is 0 Å². The van der Waals surface area contributed by atoms with Gasteiger partial charge in [0.2, 0.25) is 0 Å². The van der Waals surface area contributed by atoms with E-state index in [1.165, 1.54) is 26.3 Å². The summed E-state index contributed by atoms with van der Waals surface area (Å²) in [7, 11) is 1.43. The zero-order valence-electron chi connectivity index (χ0n) is 12.0. The summed E-state index contributed by atoms with van der Waals surface area (Å²) in [5, 5.41) is 3.27. The molecule has 7 heteroatoms. The van der Waals surface area contributed by atoms with Crippen molar-refractivity contribution < 1.29 is 14.3 Å². The number of primary amides is 1. The fraction of sp³-hybridized carbons (Fsp3) is 0.133. The number of nitrogens with zero attached hydrogens (tertiary/aromatic N) is 1. The minimum Gasteiger partial charge on any atom is -0.494 e. The molecule has 1 aromatic heterocycles. The Kier molecular flexibility index (Phi) is 4.62. The molecule has 1 heterocycles. The van der Waals surface area contributed by atoms with Gasteiger partial charge in [-0.05, 0) is 25.1 Å². The van der Waals surface area contributed by atoms with Gasteiger partial charge >= 0.3 is 0 Å². The Balaban J connectivity index is 2.52. The fourth-order valence-corrected chi connectivity index (χ4v) is 2.17. The summed E-state index contributed by atoms with van der Waals surface area (Å²) in [6, 6.07) is 6.43. The third kappa shape index (κ3) is 3.17. The number of nitrogens with one attached hydrogen (secondary N) is 1. The first kappa shape index (κ1) is 15.8. The minimum atomic E-state index is -0.611. The predicted octanol–water partition coefficient (Wildman–Crippen LogP) is 2.79. The number of Topliss-reactive ketones (excluding diaryl/α,β-unsaturated/α-hetero) is 1. The standard InChI is InChI=1S/C15H14ClN3O3/c1-8(20)10-7-18-13(16)6-12(10)19-11-5-3-4-9(15(17)21)14(11)22-2/h3-7H,1-2H3,(H2,17,21)(H,18,19). The van der Waals surface area contributed by atoms with Gasteiger partial charge < -0.3 is 15.8 Å². The van der Waals surface area contributed by atoms with Crippen LogP contribution >= 0.6 is 11.6 Å². The van der Waals surface area contributed by atoms with E-state index in [1.54, 1.807) is 18.2 Å². The van der Waals surface area contributed by atoms with Gasteiger partial charge in [-0.15, -0.1) is 0 Å². The number of hydrogen-bond donors (Lipinski definition) is 2. The van der Waals surface area contributed by atoms with Crippen LogP contribution in [0.4, 0.5) is 11.4 Å². The van der Waals surface area contributed by atoms with Crippen LogP contribution in [0.15, 0.2) is 30.5 Å². The van der Waals surface area contributed by atoms with E-state index >= 15 is 0 Å². The molecule has 0 bridgehead atoms. The van der Waals surface area contributed by atoms with E-state index in [0.717, 1.165) is 0 Å². The summed E-state index contributed by atoms with van der Waals surface area (Å²) in [6.07, 6.45) is 1.39. The number of hydrogen-bond acceptors (Lipinski definition) is 5. The van der Waals surface area contributed by atoms with E-state index in [9.17, 15) is 9.59 Å². The Labute approximate surface area is 132 Å². The molecule has 0 saturated heterocycles. The summed E-state index contributed by atoms with van der Waals surface area (Å²) < 4.78 is 5.24. The van der Waals surface area contributed by atoms with E-state index in [1.807, 2.05) is 0 Å². The summed E-state index contributed by atoms with van der Waals surface area (Å²) in [4.78, 5) is 27.0. The van der Waals surface area contributed by atoms with Gasteiger partial charge in [0.1, 0.15) is 5.15 Å². The third-order valence-electron chi connectivity index (χ3n) is 3.00. The van der Waals surface area contributed by atoms with Crippen LogP contribution in [0.5, 0.6) is 5.75 Å². The quantitative estimate of drug-likeness (QED) is 0.652. The van der Waals surface area contributed by atoms with Gasteiger partial charge in [-0.2, -0.15) is 0 Å². The normalized spacial score (nSPS) is 10.1. The van der Waals surface area contributed by atoms with Gasteiger partial charge in [0.15, 0.2) is 11.5 Å². The molecule has 0 radical (unpaired) electrons. The Bertz CT molecular complexity index is 747. The second-order valence-corrected chi connectivity index (χ2v) is 4.87. The number of carbonyl (C=O) groups excluding carboxylic acids is 2. The van der Waals surface area contributed by atoms with Crippen LogP contribution in [0.1, 0.15) is 27.6 Å². The lowest BCUT2D eigenvalue weighted by molar-refractivity contribution is 0.0993. The third-order valence-corrected chi connectivity index (χ3v) is 3.21. The number of methoxy groups -OCH3 is 1. The van der Waals surface area contributed by atoms with Crippen LogP contribution in [0.25, 0.3) is 0 Å². The number of aromatic nitrogens is 1. The molecule has 0 atom stereocenters. The lowest BCUT2D eigenvalue weighted by atomic mass is 10.1. The average Bonchev–Trinajstić information content (AvgIpc) is 2.46. The highest BCUT2D eigenvalue weighted by Crippen LogP contribution is 2.32. The topological polar surface area (TPSA) is 94.3 Å². The van der Waals surface area contributed by atoms with Crippen LogP contribution in [-0.4, -0.2) is 23.8 Å². The molecule has 1 aromatic carbocycles. The highest BCUT2D eigenvalue weighted by molar-refractivity contribution is 6.29. The summed E-state index contributed by atoms with van der Waals surface area (Å²) in [5.41, 5.74) is 6.88. The minimum absolute atomic E-state index is 0.170. The molecule has 2 aromatic rings. The highest BCUT2D eigenvalue weighted by Gasteiger charge is 2.16. The van der Waals surface area contributed by atoms with Crippen molar-refractivity contribution in [1.82, 2.24) is 4.98 Å². The van der Waals surface area contributed by atoms with Gasteiger partial charge in [0, 0.05) is 6.20 Å². The summed E-state index contributed by atoms with van der Waals surface area (Å²) in [6.45, 7) is 1.42. The molecule has 0 aliphatic rings. The SMILES string of the molecule is COc1c(Nc2cc(Cl)ncc2C(C)=O)cccc1C(N)=O. The van der Waals surface area contributed by atoms with E-state index in [0.29, 0.717) is 16.9 Å². The molecule has 0 fully saturated rings. The van der Waals surface area contributed by atoms with Gasteiger partial charge in [-0.3, -0.25) is 9.59 Å². The molecule has 0 spiro atoms. The number of carbonyl (C=O) groups is 2. The van der Waals surface area contributed by atoms with E-state index in [4.69, 9.17) is 22.1 Å². The van der Waals surface area contributed by atoms with Crippen LogP contribution in [0.2, 0.25) is 5.15 Å². The first-order valence-corrected chi connectivity index (χ1v) is 6.72. The molecular weight excluding hydrogens is 306 g/mol. The largest absolute Gasteiger partial charge is 0.494 e. The molecule has 0 aliphatic carbocycles. The van der Waals surface area contributed by atoms with Crippen molar-refractivity contribution >= 4 is 34.7 Å². The van der Waals surface area contributed by atoms with Gasteiger partial charge in [-0.25, -0.2) is 4.98 Å². The van der Waals surface area contributed by atoms with Crippen molar-refractivity contribution in [3.63, 3.8) is 0 Å². The van der Waals surface area contributed by atoms with Crippen LogP contribution in [0, 0.1) is 0 Å². The number of anilines is 2. The average molecular weight is 320 g/mol. The number of ether oxygens (including phenoxy) is 1. The molecular formula is C15H14ClN3O3. The monoisotopic (exact) mass is 319 g/mol. The molecule has 3 N–H and O–H groups in total. The van der Waals surface area contributed by atoms with Crippen molar-refractivity contribution in [3.8, 4) is 5.75 Å². The number of halogens is 1. The Morgan fingerprint density at radius 2 is 2.00 bits per heavy atom. The number of nitrogens with two attached hydrogens (primary N) is 1. The summed E-state index contributed by atoms with van der Waals surface area (Å²) in [5.74, 6) is -0.492. The smallest absolute Gasteiger partial charge is 0.252 e. The fourth-order valence-electron chi connectivity index (χ4n) is 2.01. The number of rotatable bonds is 5. The molecule has 6 nitrogen and oxygen atoms in total. The van der Waals surface area contributed by atoms with Crippen molar-refractivity contribution in [3.05, 3.63) is 46.7 Å². The van der Waals surface area contributed by atoms with Gasteiger partial charge in [0.05, 0.1) is 29.6 Å². The highest BCUT2D eigenvalue weighted by atomic mass is 35.5. The molecule has 2 rings (SSSR count). The Morgan fingerprint density at radius 1 is 1.27 bits per heavy atom. The molecule has 22 heavy (non-hydrogen) atoms. The van der Waals surface area contributed by atoms with Crippen molar-refractivity contribution in [2.75, 3.05) is 12.4 Å². The van der Waals surface area contributed by atoms with E-state index in [-0.39, 0.29) is 22.2 Å². The number of ketones is 1. The van der Waals surface area contributed by atoms with Crippen LogP contribution < -0.4 is 15.8 Å². The first-order chi connectivity index (χ1) is 10.4. The number of pyridine rings is 1. The van der Waals surface area contributed by atoms with E-state index in [2.05, 4.69) is 10.3 Å². The van der Waals surface area contributed by atoms with Crippen molar-refractivity contribution in [2.24, 2.45) is 5.73 Å². The zero-order valence-corrected chi connectivity index (χ0v) is 12.8. The van der Waals surface area contributed by atoms with Crippen LogP contribution in [0.3, 0.4) is 0 Å². The number of benzene rings is 1. The maximum Gasteiger partial charge on any atom is 0.252 e. The lowest BCUT2D eigenvalue weighted by Crippen LogP contribution is -2.13. The second kappa shape index (κ2) is 6.44. The maximum absolute atomic E-state index is 11.7. The van der Waals surface area contributed by atoms with Crippen molar-refractivity contribution in [2.45, 2.75) is 6.92 Å². The van der Waals surface area contributed by atoms with Crippen molar-refractivity contribution in [1.29, 1.82) is 0 Å². The molecule has 0 saturated carbocycles. The first-order valence-electron chi connectivity index (χ1n) is 6.34. The lowest BCUT2D eigenvalue weighted by Gasteiger charge is -2.15. The Hall–Kier alpha value is -2.60. The number of amides is 1. The second-order valence-electron chi connectivity index (χ2n) is 4.48. The molecule has 0 aliphatic heterocycles. The van der Waals surface area contributed by atoms with Gasteiger partial charge in [0.25, 0.3) is 5.91 Å². The predicted molar refractivity (Wildman–Crippen MR) is 84.0 cm³/mol. The molecule has 1 amide bonds. The maximum atomic E-state index is 11.7. The van der Waals surface area contributed by atoms with Gasteiger partial charge in [-0.1, -0.05) is 17.7 Å².